The number of nitrogen functional groups attached to an aromatic ring is 1. The predicted octanol–water partition coefficient (Wildman–Crippen LogP) is 2.26. The van der Waals surface area contributed by atoms with Gasteiger partial charge in [-0.05, 0) is 42.7 Å². The number of hydrogen-bond donors (Lipinski definition) is 1. The Bertz CT molecular complexity index is 759. The molecular formula is C16H17N5. The molecule has 0 atom stereocenters. The van der Waals surface area contributed by atoms with Crippen LogP contribution in [0.4, 0.5) is 11.4 Å². The van der Waals surface area contributed by atoms with E-state index in [1.165, 1.54) is 11.3 Å². The Morgan fingerprint density at radius 2 is 2.24 bits per heavy atom. The first-order valence-corrected chi connectivity index (χ1v) is 7.21. The quantitative estimate of drug-likeness (QED) is 0.731. The fourth-order valence-electron chi connectivity index (χ4n) is 3.01. The van der Waals surface area contributed by atoms with Crippen molar-refractivity contribution in [3.63, 3.8) is 0 Å². The summed E-state index contributed by atoms with van der Waals surface area (Å²) in [6, 6.07) is 8.10. The van der Waals surface area contributed by atoms with Gasteiger partial charge in [0.05, 0.1) is 12.2 Å². The lowest BCUT2D eigenvalue weighted by Gasteiger charge is -2.30. The van der Waals surface area contributed by atoms with E-state index in [4.69, 9.17) is 5.73 Å². The first-order valence-electron chi connectivity index (χ1n) is 7.21. The van der Waals surface area contributed by atoms with Gasteiger partial charge in [-0.2, -0.15) is 0 Å². The molecule has 3 aromatic rings. The van der Waals surface area contributed by atoms with Gasteiger partial charge in [-0.25, -0.2) is 9.97 Å². The molecule has 4 rings (SSSR count). The summed E-state index contributed by atoms with van der Waals surface area (Å²) < 4.78 is 1.96. The number of hydrogen-bond acceptors (Lipinski definition) is 4. The summed E-state index contributed by atoms with van der Waals surface area (Å²) in [7, 11) is 0. The first kappa shape index (κ1) is 12.2. The highest BCUT2D eigenvalue weighted by Crippen LogP contribution is 2.29. The van der Waals surface area contributed by atoms with Gasteiger partial charge in [0.2, 0.25) is 5.78 Å². The van der Waals surface area contributed by atoms with Crippen molar-refractivity contribution in [2.75, 3.05) is 17.2 Å². The SMILES string of the molecule is Nc1ccc2c(c1)CCCN2Cc1cn2cccnc2n1. The maximum Gasteiger partial charge on any atom is 0.233 e. The van der Waals surface area contributed by atoms with Crippen LogP contribution in [0, 0.1) is 0 Å². The number of benzene rings is 1. The van der Waals surface area contributed by atoms with Gasteiger partial charge in [0.25, 0.3) is 0 Å². The zero-order chi connectivity index (χ0) is 14.2. The Balaban J connectivity index is 1.66. The molecule has 0 bridgehead atoms. The van der Waals surface area contributed by atoms with Crippen molar-refractivity contribution < 1.29 is 0 Å². The summed E-state index contributed by atoms with van der Waals surface area (Å²) >= 11 is 0. The Morgan fingerprint density at radius 3 is 3.14 bits per heavy atom. The molecule has 0 saturated heterocycles. The van der Waals surface area contributed by atoms with Crippen molar-refractivity contribution >= 4 is 17.2 Å². The van der Waals surface area contributed by atoms with Crippen LogP contribution in [0.2, 0.25) is 0 Å². The molecule has 106 valence electrons. The van der Waals surface area contributed by atoms with Gasteiger partial charge in [0.15, 0.2) is 0 Å². The normalized spacial score (nSPS) is 14.4. The third-order valence-electron chi connectivity index (χ3n) is 3.96. The highest BCUT2D eigenvalue weighted by Gasteiger charge is 2.18. The summed E-state index contributed by atoms with van der Waals surface area (Å²) in [6.07, 6.45) is 8.05. The van der Waals surface area contributed by atoms with E-state index in [1.807, 2.05) is 28.9 Å². The Hall–Kier alpha value is -2.56. The van der Waals surface area contributed by atoms with Crippen LogP contribution in [0.3, 0.4) is 0 Å². The molecule has 0 radical (unpaired) electrons. The summed E-state index contributed by atoms with van der Waals surface area (Å²) in [5.74, 6) is 0.752. The third kappa shape index (κ3) is 2.20. The van der Waals surface area contributed by atoms with Gasteiger partial charge in [-0.15, -0.1) is 0 Å². The highest BCUT2D eigenvalue weighted by atomic mass is 15.2. The van der Waals surface area contributed by atoms with Crippen molar-refractivity contribution in [3.8, 4) is 0 Å². The summed E-state index contributed by atoms with van der Waals surface area (Å²) in [4.78, 5) is 11.2. The molecule has 0 amide bonds. The van der Waals surface area contributed by atoms with E-state index in [9.17, 15) is 0 Å². The van der Waals surface area contributed by atoms with Gasteiger partial charge in [-0.1, -0.05) is 0 Å². The largest absolute Gasteiger partial charge is 0.399 e. The molecule has 0 saturated carbocycles. The molecule has 5 heteroatoms. The summed E-state index contributed by atoms with van der Waals surface area (Å²) in [6.45, 7) is 1.86. The predicted molar refractivity (Wildman–Crippen MR) is 83.2 cm³/mol. The topological polar surface area (TPSA) is 59.5 Å². The van der Waals surface area contributed by atoms with Crippen molar-refractivity contribution in [2.45, 2.75) is 19.4 Å². The number of aryl methyl sites for hydroxylation is 1. The molecule has 0 spiro atoms. The molecular weight excluding hydrogens is 262 g/mol. The standard InChI is InChI=1S/C16H17N5/c17-13-4-5-15-12(9-13)3-1-7-20(15)10-14-11-21-8-2-6-18-16(21)19-14/h2,4-6,8-9,11H,1,3,7,10,17H2. The van der Waals surface area contributed by atoms with Crippen LogP contribution in [-0.4, -0.2) is 20.9 Å². The maximum absolute atomic E-state index is 5.89. The van der Waals surface area contributed by atoms with Gasteiger partial charge < -0.3 is 10.6 Å². The fourth-order valence-corrected chi connectivity index (χ4v) is 3.01. The van der Waals surface area contributed by atoms with Gasteiger partial charge >= 0.3 is 0 Å². The maximum atomic E-state index is 5.89. The average Bonchev–Trinajstić information content (AvgIpc) is 2.89. The second-order valence-electron chi connectivity index (χ2n) is 5.47. The minimum Gasteiger partial charge on any atom is -0.399 e. The van der Waals surface area contributed by atoms with Gasteiger partial charge in [0.1, 0.15) is 0 Å². The number of rotatable bonds is 2. The van der Waals surface area contributed by atoms with E-state index >= 15 is 0 Å². The zero-order valence-electron chi connectivity index (χ0n) is 11.7. The number of nitrogens with zero attached hydrogens (tertiary/aromatic N) is 4. The number of aromatic nitrogens is 3. The van der Waals surface area contributed by atoms with E-state index in [2.05, 4.69) is 27.0 Å². The lowest BCUT2D eigenvalue weighted by molar-refractivity contribution is 0.686. The smallest absolute Gasteiger partial charge is 0.233 e. The van der Waals surface area contributed by atoms with E-state index in [0.717, 1.165) is 43.1 Å². The molecule has 2 aromatic heterocycles. The summed E-state index contributed by atoms with van der Waals surface area (Å²) in [5, 5.41) is 0. The number of anilines is 2. The zero-order valence-corrected chi connectivity index (χ0v) is 11.7. The molecule has 3 heterocycles. The lowest BCUT2D eigenvalue weighted by Crippen LogP contribution is -2.29. The van der Waals surface area contributed by atoms with Gasteiger partial charge in [-0.3, -0.25) is 4.40 Å². The molecule has 21 heavy (non-hydrogen) atoms. The minimum absolute atomic E-state index is 0.752. The molecule has 0 unspecified atom stereocenters. The van der Waals surface area contributed by atoms with Crippen LogP contribution >= 0.6 is 0 Å². The molecule has 5 nitrogen and oxygen atoms in total. The molecule has 0 aliphatic carbocycles. The van der Waals surface area contributed by atoms with Crippen LogP contribution in [0.25, 0.3) is 5.78 Å². The van der Waals surface area contributed by atoms with Crippen LogP contribution in [0.15, 0.2) is 42.9 Å². The Kier molecular flexibility index (Phi) is 2.77. The van der Waals surface area contributed by atoms with E-state index in [0.29, 0.717) is 0 Å². The Labute approximate surface area is 123 Å². The van der Waals surface area contributed by atoms with Crippen LogP contribution < -0.4 is 10.6 Å². The second-order valence-corrected chi connectivity index (χ2v) is 5.47. The van der Waals surface area contributed by atoms with E-state index < -0.39 is 0 Å². The lowest BCUT2D eigenvalue weighted by atomic mass is 10.0. The number of nitrogens with two attached hydrogens (primary N) is 1. The van der Waals surface area contributed by atoms with Crippen LogP contribution in [-0.2, 0) is 13.0 Å². The molecule has 2 N–H and O–H groups in total. The van der Waals surface area contributed by atoms with Crippen molar-refractivity contribution in [1.29, 1.82) is 0 Å². The molecule has 1 aliphatic rings. The molecule has 1 aliphatic heterocycles. The molecule has 0 fully saturated rings. The van der Waals surface area contributed by atoms with Crippen LogP contribution in [0.5, 0.6) is 0 Å². The monoisotopic (exact) mass is 279 g/mol. The van der Waals surface area contributed by atoms with Crippen molar-refractivity contribution in [1.82, 2.24) is 14.4 Å². The van der Waals surface area contributed by atoms with E-state index in [-0.39, 0.29) is 0 Å². The van der Waals surface area contributed by atoms with Crippen molar-refractivity contribution in [3.05, 3.63) is 54.1 Å². The second kappa shape index (κ2) is 4.77. The average molecular weight is 279 g/mol. The van der Waals surface area contributed by atoms with Crippen molar-refractivity contribution in [2.24, 2.45) is 0 Å². The minimum atomic E-state index is 0.752. The van der Waals surface area contributed by atoms with Crippen LogP contribution in [0.1, 0.15) is 17.7 Å². The Morgan fingerprint density at radius 1 is 1.29 bits per heavy atom. The number of fused-ring (bicyclic) bond motifs is 2. The summed E-state index contributed by atoms with van der Waals surface area (Å²) in [5.41, 5.74) is 10.4. The fraction of sp³-hybridized carbons (Fsp3) is 0.250. The molecule has 1 aromatic carbocycles. The highest BCUT2D eigenvalue weighted by molar-refractivity contribution is 5.61. The first-order chi connectivity index (χ1) is 10.3. The third-order valence-corrected chi connectivity index (χ3v) is 3.96. The number of imidazole rings is 1. The van der Waals surface area contributed by atoms with E-state index in [1.54, 1.807) is 6.20 Å². The van der Waals surface area contributed by atoms with Gasteiger partial charge in [0, 0.05) is 36.5 Å².